The van der Waals surface area contributed by atoms with E-state index in [0.717, 1.165) is 22.7 Å². The van der Waals surface area contributed by atoms with Crippen molar-refractivity contribution in [3.05, 3.63) is 47.3 Å². The van der Waals surface area contributed by atoms with Gasteiger partial charge in [-0.25, -0.2) is 0 Å². The molecule has 0 aliphatic carbocycles. The third-order valence-corrected chi connectivity index (χ3v) is 3.21. The van der Waals surface area contributed by atoms with Crippen molar-refractivity contribution in [2.75, 3.05) is 5.32 Å². The summed E-state index contributed by atoms with van der Waals surface area (Å²) in [5.41, 5.74) is 2.70. The van der Waals surface area contributed by atoms with Crippen molar-refractivity contribution in [2.45, 2.75) is 33.1 Å². The van der Waals surface area contributed by atoms with E-state index in [2.05, 4.69) is 10.5 Å². The van der Waals surface area contributed by atoms with Gasteiger partial charge in [-0.05, 0) is 26.0 Å². The minimum absolute atomic E-state index is 0.0150. The van der Waals surface area contributed by atoms with Crippen LogP contribution in [-0.4, -0.2) is 11.1 Å². The van der Waals surface area contributed by atoms with Gasteiger partial charge in [0, 0.05) is 23.6 Å². The smallest absolute Gasteiger partial charge is 0.225 e. The zero-order valence-electron chi connectivity index (χ0n) is 11.4. The molecule has 1 aromatic heterocycles. The van der Waals surface area contributed by atoms with Crippen LogP contribution in [0.25, 0.3) is 0 Å². The topological polar surface area (TPSA) is 55.1 Å². The minimum atomic E-state index is -0.0150. The number of benzene rings is 1. The highest BCUT2D eigenvalue weighted by atomic mass is 16.5. The Hall–Kier alpha value is -2.10. The highest BCUT2D eigenvalue weighted by molar-refractivity contribution is 5.91. The number of hydrogen-bond donors (Lipinski definition) is 1. The second-order valence-electron chi connectivity index (χ2n) is 4.77. The summed E-state index contributed by atoms with van der Waals surface area (Å²) in [6.45, 7) is 5.82. The van der Waals surface area contributed by atoms with Crippen LogP contribution in [0.3, 0.4) is 0 Å². The molecule has 100 valence electrons. The fourth-order valence-electron chi connectivity index (χ4n) is 2.00. The molecule has 4 nitrogen and oxygen atoms in total. The summed E-state index contributed by atoms with van der Waals surface area (Å²) < 4.78 is 5.13. The van der Waals surface area contributed by atoms with Crippen LogP contribution < -0.4 is 5.32 Å². The maximum absolute atomic E-state index is 11.9. The number of carbonyl (C=O) groups is 1. The molecule has 0 saturated carbocycles. The molecule has 1 atom stereocenters. The summed E-state index contributed by atoms with van der Waals surface area (Å²) in [5, 5.41) is 6.89. The Kier molecular flexibility index (Phi) is 4.00. The van der Waals surface area contributed by atoms with Crippen molar-refractivity contribution >= 4 is 11.6 Å². The molecule has 0 radical (unpaired) electrons. The maximum atomic E-state index is 11.9. The molecule has 0 spiro atoms. The van der Waals surface area contributed by atoms with Gasteiger partial charge in [0.05, 0.1) is 5.69 Å². The number of nitrogens with zero attached hydrogens (tertiary/aromatic N) is 1. The monoisotopic (exact) mass is 258 g/mol. The number of carbonyl (C=O) groups excluding carboxylic acids is 1. The average Bonchev–Trinajstić information content (AvgIpc) is 2.71. The van der Waals surface area contributed by atoms with Crippen LogP contribution in [0.5, 0.6) is 0 Å². The number of nitrogens with one attached hydrogen (secondary N) is 1. The van der Waals surface area contributed by atoms with Crippen LogP contribution in [0, 0.1) is 13.8 Å². The average molecular weight is 258 g/mol. The lowest BCUT2D eigenvalue weighted by Gasteiger charge is -2.09. The number of aromatic nitrogens is 1. The van der Waals surface area contributed by atoms with E-state index in [1.54, 1.807) is 0 Å². The van der Waals surface area contributed by atoms with Gasteiger partial charge in [0.1, 0.15) is 5.76 Å². The first kappa shape index (κ1) is 13.3. The van der Waals surface area contributed by atoms with Crippen molar-refractivity contribution in [1.29, 1.82) is 0 Å². The van der Waals surface area contributed by atoms with Gasteiger partial charge < -0.3 is 9.84 Å². The molecular formula is C15H18N2O2. The Morgan fingerprint density at radius 1 is 1.32 bits per heavy atom. The zero-order valence-corrected chi connectivity index (χ0v) is 11.4. The van der Waals surface area contributed by atoms with E-state index >= 15 is 0 Å². The lowest BCUT2D eigenvalue weighted by molar-refractivity contribution is -0.116. The fraction of sp³-hybridized carbons (Fsp3) is 0.333. The number of hydrogen-bond acceptors (Lipinski definition) is 3. The summed E-state index contributed by atoms with van der Waals surface area (Å²) in [5.74, 6) is 0.838. The van der Waals surface area contributed by atoms with E-state index in [-0.39, 0.29) is 11.8 Å². The Bertz CT molecular complexity index is 561. The summed E-state index contributed by atoms with van der Waals surface area (Å²) in [6.07, 6.45) is 0.391. The second-order valence-corrected chi connectivity index (χ2v) is 4.77. The standard InChI is InChI=1S/C15H18N2O2/c1-10(15-11(2)12(3)19-17-15)9-14(18)16-13-7-5-4-6-8-13/h4-8,10H,9H2,1-3H3,(H,16,18)/t10-/m1/s1. The molecule has 4 heteroatoms. The summed E-state index contributed by atoms with van der Waals surface area (Å²) >= 11 is 0. The first-order valence-corrected chi connectivity index (χ1v) is 6.35. The normalized spacial score (nSPS) is 12.2. The van der Waals surface area contributed by atoms with Gasteiger partial charge in [0.15, 0.2) is 0 Å². The fourth-order valence-corrected chi connectivity index (χ4v) is 2.00. The molecule has 2 aromatic rings. The molecule has 1 heterocycles. The van der Waals surface area contributed by atoms with Gasteiger partial charge in [-0.2, -0.15) is 0 Å². The van der Waals surface area contributed by atoms with Gasteiger partial charge in [0.2, 0.25) is 5.91 Å². The predicted molar refractivity (Wildman–Crippen MR) is 74.1 cm³/mol. The van der Waals surface area contributed by atoms with Gasteiger partial charge in [0.25, 0.3) is 0 Å². The number of anilines is 1. The molecule has 0 aliphatic rings. The lowest BCUT2D eigenvalue weighted by atomic mass is 9.99. The van der Waals surface area contributed by atoms with E-state index in [9.17, 15) is 4.79 Å². The molecule has 0 aliphatic heterocycles. The highest BCUT2D eigenvalue weighted by Crippen LogP contribution is 2.23. The molecule has 1 aromatic carbocycles. The van der Waals surface area contributed by atoms with Gasteiger partial charge in [-0.1, -0.05) is 30.3 Å². The second kappa shape index (κ2) is 5.69. The first-order chi connectivity index (χ1) is 9.08. The van der Waals surface area contributed by atoms with Gasteiger partial charge in [-0.3, -0.25) is 4.79 Å². The number of aryl methyl sites for hydroxylation is 1. The van der Waals surface area contributed by atoms with Crippen LogP contribution in [0.2, 0.25) is 0 Å². The molecule has 0 saturated heterocycles. The molecule has 2 rings (SSSR count). The first-order valence-electron chi connectivity index (χ1n) is 6.35. The molecule has 19 heavy (non-hydrogen) atoms. The molecular weight excluding hydrogens is 240 g/mol. The summed E-state index contributed by atoms with van der Waals surface area (Å²) in [7, 11) is 0. The quantitative estimate of drug-likeness (QED) is 0.914. The van der Waals surface area contributed by atoms with Crippen molar-refractivity contribution in [1.82, 2.24) is 5.16 Å². The molecule has 1 amide bonds. The third kappa shape index (κ3) is 3.22. The summed E-state index contributed by atoms with van der Waals surface area (Å²) in [6, 6.07) is 9.44. The lowest BCUT2D eigenvalue weighted by Crippen LogP contribution is -2.14. The Morgan fingerprint density at radius 3 is 2.58 bits per heavy atom. The molecule has 1 N–H and O–H groups in total. The van der Waals surface area contributed by atoms with Crippen LogP contribution in [-0.2, 0) is 4.79 Å². The van der Waals surface area contributed by atoms with Crippen molar-refractivity contribution in [3.8, 4) is 0 Å². The van der Waals surface area contributed by atoms with Gasteiger partial charge >= 0.3 is 0 Å². The van der Waals surface area contributed by atoms with Crippen molar-refractivity contribution in [2.24, 2.45) is 0 Å². The Balaban J connectivity index is 1.97. The third-order valence-electron chi connectivity index (χ3n) is 3.21. The van der Waals surface area contributed by atoms with Crippen LogP contribution in [0.4, 0.5) is 5.69 Å². The van der Waals surface area contributed by atoms with E-state index < -0.39 is 0 Å². The Labute approximate surface area is 112 Å². The minimum Gasteiger partial charge on any atom is -0.361 e. The molecule has 0 unspecified atom stereocenters. The van der Waals surface area contributed by atoms with Crippen LogP contribution in [0.15, 0.2) is 34.9 Å². The largest absolute Gasteiger partial charge is 0.361 e. The van der Waals surface area contributed by atoms with E-state index in [4.69, 9.17) is 4.52 Å². The molecule has 0 bridgehead atoms. The predicted octanol–water partition coefficient (Wildman–Crippen LogP) is 3.42. The SMILES string of the molecule is Cc1onc([C@H](C)CC(=O)Nc2ccccc2)c1C. The van der Waals surface area contributed by atoms with Crippen molar-refractivity contribution < 1.29 is 9.32 Å². The van der Waals surface area contributed by atoms with Crippen LogP contribution >= 0.6 is 0 Å². The van der Waals surface area contributed by atoms with E-state index in [0.29, 0.717) is 6.42 Å². The summed E-state index contributed by atoms with van der Waals surface area (Å²) in [4.78, 5) is 11.9. The molecule has 0 fully saturated rings. The number of rotatable bonds is 4. The number of para-hydroxylation sites is 1. The highest BCUT2D eigenvalue weighted by Gasteiger charge is 2.18. The number of amides is 1. The maximum Gasteiger partial charge on any atom is 0.225 e. The Morgan fingerprint density at radius 2 is 2.00 bits per heavy atom. The van der Waals surface area contributed by atoms with E-state index in [1.807, 2.05) is 51.1 Å². The van der Waals surface area contributed by atoms with Crippen molar-refractivity contribution in [3.63, 3.8) is 0 Å². The van der Waals surface area contributed by atoms with Crippen LogP contribution in [0.1, 0.15) is 36.3 Å². The van der Waals surface area contributed by atoms with Gasteiger partial charge in [-0.15, -0.1) is 0 Å². The van der Waals surface area contributed by atoms with E-state index in [1.165, 1.54) is 0 Å². The zero-order chi connectivity index (χ0) is 13.8.